The van der Waals surface area contributed by atoms with Gasteiger partial charge in [0.25, 0.3) is 5.69 Å². The summed E-state index contributed by atoms with van der Waals surface area (Å²) in [5.41, 5.74) is 2.01. The molecule has 2 atom stereocenters. The summed E-state index contributed by atoms with van der Waals surface area (Å²) in [4.78, 5) is 30.4. The molecule has 1 fully saturated rings. The van der Waals surface area contributed by atoms with Crippen molar-refractivity contribution in [3.8, 4) is 17.1 Å². The van der Waals surface area contributed by atoms with Crippen molar-refractivity contribution in [3.63, 3.8) is 0 Å². The zero-order valence-electron chi connectivity index (χ0n) is 23.1. The van der Waals surface area contributed by atoms with Gasteiger partial charge in [0.1, 0.15) is 23.3 Å². The van der Waals surface area contributed by atoms with Gasteiger partial charge in [0.2, 0.25) is 5.91 Å². The molecule has 2 N–H and O–H groups in total. The van der Waals surface area contributed by atoms with E-state index in [2.05, 4.69) is 15.6 Å². The number of carbonyl (C=O) groups excluding carboxylic acids is 1. The Morgan fingerprint density at radius 2 is 1.91 bits per heavy atom. The molecule has 3 heterocycles. The van der Waals surface area contributed by atoms with Crippen LogP contribution < -0.4 is 15.4 Å². The first-order chi connectivity index (χ1) is 20.9. The molecule has 1 aliphatic rings. The monoisotopic (exact) mass is 593 g/mol. The predicted octanol–water partition coefficient (Wildman–Crippen LogP) is 6.41. The van der Waals surface area contributed by atoms with E-state index in [1.54, 1.807) is 18.3 Å². The van der Waals surface area contributed by atoms with Crippen molar-refractivity contribution in [1.29, 1.82) is 0 Å². The van der Waals surface area contributed by atoms with Crippen LogP contribution in [0.1, 0.15) is 30.0 Å². The van der Waals surface area contributed by atoms with Gasteiger partial charge in [-0.05, 0) is 54.0 Å². The Labute approximate surface area is 252 Å². The van der Waals surface area contributed by atoms with E-state index in [1.807, 2.05) is 71.6 Å². The maximum absolute atomic E-state index is 13.2. The minimum atomic E-state index is -0.475. The maximum Gasteiger partial charge on any atom is 0.273 e. The summed E-state index contributed by atoms with van der Waals surface area (Å²) in [7, 11) is 1.45. The Balaban J connectivity index is 1.27. The van der Waals surface area contributed by atoms with Crippen LogP contribution in [-0.4, -0.2) is 39.5 Å². The number of rotatable bonds is 9. The molecule has 216 valence electrons. The fourth-order valence-electron chi connectivity index (χ4n) is 5.38. The number of pyridine rings is 1. The number of aromatic nitrogens is 1. The zero-order chi connectivity index (χ0) is 29.9. The van der Waals surface area contributed by atoms with Gasteiger partial charge in [-0.3, -0.25) is 19.9 Å². The van der Waals surface area contributed by atoms with Gasteiger partial charge in [0, 0.05) is 36.3 Å². The number of benzene rings is 3. The second kappa shape index (κ2) is 11.9. The molecule has 11 heteroatoms. The second-order valence-corrected chi connectivity index (χ2v) is 10.4. The lowest BCUT2D eigenvalue weighted by molar-refractivity contribution is -0.384. The Hall–Kier alpha value is -5.29. The highest BCUT2D eigenvalue weighted by molar-refractivity contribution is 7.80. The van der Waals surface area contributed by atoms with Crippen molar-refractivity contribution < 1.29 is 18.9 Å². The van der Waals surface area contributed by atoms with Crippen molar-refractivity contribution in [2.75, 3.05) is 19.0 Å². The fourth-order valence-corrected chi connectivity index (χ4v) is 5.71. The summed E-state index contributed by atoms with van der Waals surface area (Å²) in [6, 6.07) is 26.6. The topological polar surface area (TPSA) is 123 Å². The summed E-state index contributed by atoms with van der Waals surface area (Å²) >= 11 is 5.75. The Morgan fingerprint density at radius 1 is 1.09 bits per heavy atom. The summed E-state index contributed by atoms with van der Waals surface area (Å²) in [5.74, 6) is 1.24. The van der Waals surface area contributed by atoms with Crippen LogP contribution in [0.25, 0.3) is 22.1 Å². The maximum atomic E-state index is 13.2. The minimum absolute atomic E-state index is 0.0825. The van der Waals surface area contributed by atoms with E-state index in [4.69, 9.17) is 21.4 Å². The molecule has 0 aliphatic carbocycles. The van der Waals surface area contributed by atoms with Crippen molar-refractivity contribution in [3.05, 3.63) is 119 Å². The van der Waals surface area contributed by atoms with Crippen LogP contribution in [0.15, 0.2) is 102 Å². The molecule has 1 amide bonds. The van der Waals surface area contributed by atoms with E-state index >= 15 is 0 Å². The average Bonchev–Trinajstić information content (AvgIpc) is 3.64. The van der Waals surface area contributed by atoms with E-state index in [-0.39, 0.29) is 24.1 Å². The predicted molar refractivity (Wildman–Crippen MR) is 167 cm³/mol. The van der Waals surface area contributed by atoms with Gasteiger partial charge in [0.15, 0.2) is 5.11 Å². The SMILES string of the molecule is COc1cc([N+](=O)[O-])ccc1-c1ccc([C@H]2[C@H](c3ccccn3)NC(=S)N2CCC(=O)Nc2cccc3ccccc23)o1. The van der Waals surface area contributed by atoms with E-state index < -0.39 is 11.0 Å². The highest BCUT2D eigenvalue weighted by Gasteiger charge is 2.41. The first kappa shape index (κ1) is 27.9. The summed E-state index contributed by atoms with van der Waals surface area (Å²) in [5, 5.41) is 20.2. The van der Waals surface area contributed by atoms with Crippen LogP contribution in [0.3, 0.4) is 0 Å². The quantitative estimate of drug-likeness (QED) is 0.113. The van der Waals surface area contributed by atoms with Gasteiger partial charge in [-0.2, -0.15) is 0 Å². The van der Waals surface area contributed by atoms with Gasteiger partial charge >= 0.3 is 0 Å². The van der Waals surface area contributed by atoms with Crippen LogP contribution in [0.2, 0.25) is 0 Å². The van der Waals surface area contributed by atoms with Gasteiger partial charge in [-0.1, -0.05) is 42.5 Å². The van der Waals surface area contributed by atoms with Crippen molar-refractivity contribution in [2.45, 2.75) is 18.5 Å². The first-order valence-corrected chi connectivity index (χ1v) is 14.0. The zero-order valence-corrected chi connectivity index (χ0v) is 23.9. The number of thiocarbonyl (C=S) groups is 1. The number of nitrogens with zero attached hydrogens (tertiary/aromatic N) is 3. The normalized spacial score (nSPS) is 16.2. The molecule has 0 spiro atoms. The number of fused-ring (bicyclic) bond motifs is 1. The molecule has 0 bridgehead atoms. The van der Waals surface area contributed by atoms with Gasteiger partial charge < -0.3 is 24.7 Å². The van der Waals surface area contributed by atoms with E-state index in [9.17, 15) is 14.9 Å². The number of hydrogen-bond donors (Lipinski definition) is 2. The van der Waals surface area contributed by atoms with Crippen LogP contribution >= 0.6 is 12.2 Å². The highest BCUT2D eigenvalue weighted by Crippen LogP contribution is 2.42. The number of amides is 1. The van der Waals surface area contributed by atoms with Crippen molar-refractivity contribution in [2.24, 2.45) is 0 Å². The minimum Gasteiger partial charge on any atom is -0.496 e. The molecule has 6 rings (SSSR count). The number of furan rings is 1. The second-order valence-electron chi connectivity index (χ2n) is 9.99. The van der Waals surface area contributed by atoms with Crippen LogP contribution in [0.5, 0.6) is 5.75 Å². The average molecular weight is 594 g/mol. The van der Waals surface area contributed by atoms with Gasteiger partial charge in [-0.15, -0.1) is 0 Å². The van der Waals surface area contributed by atoms with Crippen molar-refractivity contribution >= 4 is 45.4 Å². The number of methoxy groups -OCH3 is 1. The lowest BCUT2D eigenvalue weighted by atomic mass is 10.0. The number of non-ortho nitro benzene ring substituents is 1. The van der Waals surface area contributed by atoms with Crippen LogP contribution in [-0.2, 0) is 4.79 Å². The van der Waals surface area contributed by atoms with Gasteiger partial charge in [0.05, 0.1) is 35.4 Å². The molecule has 0 saturated carbocycles. The fraction of sp³-hybridized carbons (Fsp3) is 0.156. The molecular weight excluding hydrogens is 566 g/mol. The third-order valence-corrected chi connectivity index (χ3v) is 7.77. The molecule has 43 heavy (non-hydrogen) atoms. The highest BCUT2D eigenvalue weighted by atomic mass is 32.1. The van der Waals surface area contributed by atoms with E-state index in [0.29, 0.717) is 34.5 Å². The summed E-state index contributed by atoms with van der Waals surface area (Å²) in [6.45, 7) is 0.327. The smallest absolute Gasteiger partial charge is 0.273 e. The van der Waals surface area contributed by atoms with Crippen LogP contribution in [0.4, 0.5) is 11.4 Å². The number of nitro benzene ring substituents is 1. The number of anilines is 1. The third kappa shape index (κ3) is 5.62. The van der Waals surface area contributed by atoms with Gasteiger partial charge in [-0.25, -0.2) is 0 Å². The molecular formula is C32H27N5O5S. The summed E-state index contributed by atoms with van der Waals surface area (Å²) < 4.78 is 11.8. The number of carbonyl (C=O) groups is 1. The molecule has 0 unspecified atom stereocenters. The summed E-state index contributed by atoms with van der Waals surface area (Å²) in [6.07, 6.45) is 1.90. The first-order valence-electron chi connectivity index (χ1n) is 13.6. The molecule has 1 aliphatic heterocycles. The third-order valence-electron chi connectivity index (χ3n) is 7.42. The van der Waals surface area contributed by atoms with Crippen molar-refractivity contribution in [1.82, 2.24) is 15.2 Å². The molecule has 2 aromatic heterocycles. The van der Waals surface area contributed by atoms with E-state index in [0.717, 1.165) is 22.2 Å². The number of hydrogen-bond acceptors (Lipinski definition) is 7. The Kier molecular flexibility index (Phi) is 7.71. The standard InChI is InChI=1S/C32H27N5O5S/c1-41-28-19-21(37(39)40)12-13-23(28)26-14-15-27(42-26)31-30(25-10-4-5-17-33-25)35-32(43)36(31)18-16-29(38)34-24-11-6-8-20-7-2-3-9-22(20)24/h2-15,17,19,30-31H,16,18H2,1H3,(H,34,38)(H,35,43)/t30-,31-/m0/s1. The Morgan fingerprint density at radius 3 is 2.70 bits per heavy atom. The number of nitrogens with one attached hydrogen (secondary N) is 2. The number of ether oxygens (including phenoxy) is 1. The largest absolute Gasteiger partial charge is 0.496 e. The molecule has 1 saturated heterocycles. The van der Waals surface area contributed by atoms with E-state index in [1.165, 1.54) is 19.2 Å². The molecule has 3 aromatic carbocycles. The number of nitro groups is 1. The molecule has 10 nitrogen and oxygen atoms in total. The Bertz CT molecular complexity index is 1820. The van der Waals surface area contributed by atoms with Crippen LogP contribution in [0, 0.1) is 10.1 Å². The lowest BCUT2D eigenvalue weighted by Crippen LogP contribution is -2.32. The lowest BCUT2D eigenvalue weighted by Gasteiger charge is -2.26. The molecule has 5 aromatic rings. The molecule has 0 radical (unpaired) electrons.